The van der Waals surface area contributed by atoms with E-state index >= 15 is 4.39 Å². The molecule has 4 aliphatic rings. The smallest absolute Gasteiger partial charge is 0.387 e. The molecule has 1 aromatic carbocycles. The zero-order valence-corrected chi connectivity index (χ0v) is 18.8. The number of anilines is 1. The molecule has 5 amide bonds. The van der Waals surface area contributed by atoms with Crippen LogP contribution < -0.4 is 25.6 Å². The van der Waals surface area contributed by atoms with Crippen LogP contribution in [0.1, 0.15) is 32.3 Å². The Kier molecular flexibility index (Phi) is 4.59. The highest BCUT2D eigenvalue weighted by atomic mass is 19.1. The summed E-state index contributed by atoms with van der Waals surface area (Å²) < 4.78 is 32.3. The molecule has 2 aromatic rings. The molecule has 1 saturated carbocycles. The molecule has 3 fully saturated rings. The molecule has 4 heterocycles. The number of barbiturate groups is 1. The molecule has 3 atom stereocenters. The van der Waals surface area contributed by atoms with Crippen LogP contribution in [0.3, 0.4) is 0 Å². The summed E-state index contributed by atoms with van der Waals surface area (Å²) in [6, 6.07) is -0.268. The number of carbonyl (C=O) groups is 4. The van der Waals surface area contributed by atoms with Crippen LogP contribution in [0.15, 0.2) is 10.6 Å². The summed E-state index contributed by atoms with van der Waals surface area (Å²) in [4.78, 5) is 52.0. The Morgan fingerprint density at radius 3 is 2.66 bits per heavy atom. The highest BCUT2D eigenvalue weighted by Crippen LogP contribution is 2.49. The number of halogens is 1. The number of urea groups is 1. The van der Waals surface area contributed by atoms with Gasteiger partial charge in [-0.3, -0.25) is 20.2 Å². The van der Waals surface area contributed by atoms with Gasteiger partial charge in [-0.2, -0.15) is 0 Å². The van der Waals surface area contributed by atoms with Crippen LogP contribution in [0.25, 0.3) is 11.0 Å². The maximum absolute atomic E-state index is 15.9. The first kappa shape index (κ1) is 21.8. The Labute approximate surface area is 197 Å². The number of carbonyl (C=O) groups excluding carboxylic acids is 4. The third-order valence-corrected chi connectivity index (χ3v) is 7.02. The van der Waals surface area contributed by atoms with E-state index in [1.54, 1.807) is 18.7 Å². The van der Waals surface area contributed by atoms with Gasteiger partial charge >= 0.3 is 12.1 Å². The minimum absolute atomic E-state index is 0.0401. The van der Waals surface area contributed by atoms with Gasteiger partial charge in [-0.1, -0.05) is 0 Å². The highest BCUT2D eigenvalue weighted by Gasteiger charge is 2.63. The first-order valence-corrected chi connectivity index (χ1v) is 11.4. The van der Waals surface area contributed by atoms with Gasteiger partial charge in [-0.25, -0.2) is 14.0 Å². The zero-order chi connectivity index (χ0) is 24.6. The average molecular weight is 487 g/mol. The summed E-state index contributed by atoms with van der Waals surface area (Å²) in [5.74, 6) is -2.56. The minimum Gasteiger partial charge on any atom is -0.387 e. The Bertz CT molecular complexity index is 1280. The van der Waals surface area contributed by atoms with Crippen molar-refractivity contribution < 1.29 is 37.6 Å². The van der Waals surface area contributed by atoms with Gasteiger partial charge in [-0.05, 0) is 43.5 Å². The van der Waals surface area contributed by atoms with E-state index in [1.807, 2.05) is 0 Å². The van der Waals surface area contributed by atoms with Gasteiger partial charge in [0.1, 0.15) is 0 Å². The number of hydrogen-bond donors (Lipinski definition) is 3. The van der Waals surface area contributed by atoms with Gasteiger partial charge in [0, 0.05) is 19.0 Å². The molecule has 6 rings (SSSR count). The Morgan fingerprint density at radius 2 is 1.97 bits per heavy atom. The number of hydrogen-bond acceptors (Lipinski definition) is 9. The molecule has 3 aliphatic heterocycles. The van der Waals surface area contributed by atoms with Crippen LogP contribution >= 0.6 is 0 Å². The number of morpholine rings is 1. The van der Waals surface area contributed by atoms with Crippen LogP contribution in [0.4, 0.5) is 19.7 Å². The molecule has 0 unspecified atom stereocenters. The van der Waals surface area contributed by atoms with Gasteiger partial charge in [0.05, 0.1) is 29.3 Å². The second-order valence-corrected chi connectivity index (χ2v) is 9.51. The summed E-state index contributed by atoms with van der Waals surface area (Å²) in [6.45, 7) is 3.68. The first-order valence-electron chi connectivity index (χ1n) is 11.4. The van der Waals surface area contributed by atoms with Gasteiger partial charge in [0.25, 0.3) is 5.88 Å². The summed E-state index contributed by atoms with van der Waals surface area (Å²) >= 11 is 0. The van der Waals surface area contributed by atoms with Crippen molar-refractivity contribution in [3.8, 4) is 5.88 Å². The topological polar surface area (TPSA) is 152 Å². The molecule has 1 aliphatic carbocycles. The summed E-state index contributed by atoms with van der Waals surface area (Å²) in [5, 5.41) is 10.8. The number of aromatic nitrogens is 1. The maximum atomic E-state index is 15.9. The number of benzene rings is 1. The Morgan fingerprint density at radius 1 is 1.26 bits per heavy atom. The molecule has 1 aromatic heterocycles. The van der Waals surface area contributed by atoms with Crippen molar-refractivity contribution in [2.45, 2.75) is 57.4 Å². The van der Waals surface area contributed by atoms with Crippen molar-refractivity contribution in [3.63, 3.8) is 0 Å². The molecular formula is C22H22FN5O7. The lowest BCUT2D eigenvalue weighted by Crippen LogP contribution is -2.75. The zero-order valence-electron chi connectivity index (χ0n) is 18.8. The molecule has 0 radical (unpaired) electrons. The molecule has 12 nitrogen and oxygen atoms in total. The van der Waals surface area contributed by atoms with Crippen molar-refractivity contribution >= 4 is 40.6 Å². The van der Waals surface area contributed by atoms with E-state index in [9.17, 15) is 19.2 Å². The molecular weight excluding hydrogens is 465 g/mol. The van der Waals surface area contributed by atoms with Crippen molar-refractivity contribution in [2.75, 3.05) is 11.4 Å². The van der Waals surface area contributed by atoms with Gasteiger partial charge in [0.2, 0.25) is 17.4 Å². The van der Waals surface area contributed by atoms with E-state index in [2.05, 4.69) is 21.1 Å². The van der Waals surface area contributed by atoms with Gasteiger partial charge in [-0.15, -0.1) is 0 Å². The summed E-state index contributed by atoms with van der Waals surface area (Å²) in [6.07, 6.45) is -0.242. The van der Waals surface area contributed by atoms with Gasteiger partial charge < -0.3 is 24.2 Å². The van der Waals surface area contributed by atoms with Crippen LogP contribution in [0.5, 0.6) is 5.88 Å². The molecule has 35 heavy (non-hydrogen) atoms. The van der Waals surface area contributed by atoms with Crippen LogP contribution in [-0.2, 0) is 20.7 Å². The van der Waals surface area contributed by atoms with E-state index in [0.29, 0.717) is 5.56 Å². The van der Waals surface area contributed by atoms with Crippen molar-refractivity contribution in [1.82, 2.24) is 21.1 Å². The minimum atomic E-state index is -1.76. The molecule has 3 N–H and O–H groups in total. The first-order chi connectivity index (χ1) is 16.7. The lowest BCUT2D eigenvalue weighted by atomic mass is 9.66. The maximum Gasteiger partial charge on any atom is 0.414 e. The van der Waals surface area contributed by atoms with E-state index < -0.39 is 47.3 Å². The van der Waals surface area contributed by atoms with Gasteiger partial charge in [0.15, 0.2) is 11.2 Å². The Hall–Kier alpha value is -3.74. The van der Waals surface area contributed by atoms with Crippen molar-refractivity contribution in [2.24, 2.45) is 5.41 Å². The molecule has 2 saturated heterocycles. The standard InChI is InChI=1S/C22H22FN5O7/c1-8-7-28-14-10(6-22(16(28)9(2)33-8)18(29)25-20(31)26-19(22)30)5-12-15(13(14)23)35-27-17(12)34-21(32)24-11-3-4-11/h5,8-9,11,16H,3-4,6-7H2,1-2H3,(H,24,32)(H2,25,26,29,30,31)/t8-,9+,16-/m1/s1. The van der Waals surface area contributed by atoms with Crippen LogP contribution in [-0.4, -0.2) is 59.9 Å². The van der Waals surface area contributed by atoms with Crippen molar-refractivity contribution in [3.05, 3.63) is 17.4 Å². The number of nitrogens with one attached hydrogen (secondary N) is 3. The molecule has 184 valence electrons. The molecule has 0 bridgehead atoms. The molecule has 13 heteroatoms. The number of amides is 5. The third kappa shape index (κ3) is 3.17. The average Bonchev–Trinajstić information content (AvgIpc) is 3.50. The third-order valence-electron chi connectivity index (χ3n) is 7.02. The number of rotatable bonds is 2. The number of imide groups is 2. The predicted octanol–water partition coefficient (Wildman–Crippen LogP) is 1.11. The summed E-state index contributed by atoms with van der Waals surface area (Å²) in [7, 11) is 0. The molecule has 1 spiro atoms. The fraction of sp³-hybridized carbons (Fsp3) is 0.500. The quantitative estimate of drug-likeness (QED) is 0.529. The summed E-state index contributed by atoms with van der Waals surface area (Å²) in [5.41, 5.74) is -1.52. The van der Waals surface area contributed by atoms with Crippen molar-refractivity contribution in [1.29, 1.82) is 0 Å². The predicted molar refractivity (Wildman–Crippen MR) is 115 cm³/mol. The number of fused-ring (bicyclic) bond motifs is 5. The normalized spacial score (nSPS) is 27.2. The second kappa shape index (κ2) is 7.38. The van der Waals surface area contributed by atoms with E-state index in [1.165, 1.54) is 6.07 Å². The number of nitrogens with zero attached hydrogens (tertiary/aromatic N) is 2. The second-order valence-electron chi connectivity index (χ2n) is 9.51. The lowest BCUT2D eigenvalue weighted by Gasteiger charge is -2.55. The monoisotopic (exact) mass is 487 g/mol. The van der Waals surface area contributed by atoms with E-state index in [-0.39, 0.29) is 47.6 Å². The van der Waals surface area contributed by atoms with Crippen LogP contribution in [0, 0.1) is 11.2 Å². The highest BCUT2D eigenvalue weighted by molar-refractivity contribution is 6.20. The van der Waals surface area contributed by atoms with E-state index in [4.69, 9.17) is 14.0 Å². The SMILES string of the molecule is C[C@@H]1CN2c3c(cc4c(OC(=O)NC5CC5)noc4c3F)CC3(C(=O)NC(=O)NC3=O)[C@H]2[C@H](C)O1. The Balaban J connectivity index is 1.50. The van der Waals surface area contributed by atoms with E-state index in [0.717, 1.165) is 12.8 Å². The largest absolute Gasteiger partial charge is 0.414 e. The van der Waals surface area contributed by atoms with Crippen LogP contribution in [0.2, 0.25) is 0 Å². The lowest BCUT2D eigenvalue weighted by molar-refractivity contribution is -0.153. The fourth-order valence-electron chi connectivity index (χ4n) is 5.51. The fourth-order valence-corrected chi connectivity index (χ4v) is 5.51. The number of ether oxygens (including phenoxy) is 2.